The normalized spacial score (nSPS) is 29.8. The van der Waals surface area contributed by atoms with Crippen LogP contribution in [0.4, 0.5) is 11.4 Å². The fourth-order valence-corrected chi connectivity index (χ4v) is 8.20. The molecule has 0 unspecified atom stereocenters. The highest BCUT2D eigenvalue weighted by Crippen LogP contribution is 2.58. The average molecular weight is 722 g/mol. The van der Waals surface area contributed by atoms with Gasteiger partial charge in [0.2, 0.25) is 11.8 Å². The predicted molar refractivity (Wildman–Crippen MR) is 183 cm³/mol. The number of hydrogen-bond acceptors (Lipinski definition) is 8. The SMILES string of the molecule is CCN(CC)c1ccc(N2C/C=C\CCC(=O)OC[C@@H](c3ccccc3)NC(=O)[C@@H]3[C@H]4O[C@@]5(C=C4Br)[C@H](C2=O)N(CCO)C(=O)[C@@H]35)cc1. The molecule has 2 N–H and O–H groups in total. The molecule has 2 aromatic carbocycles. The van der Waals surface area contributed by atoms with Crippen molar-refractivity contribution in [3.63, 3.8) is 0 Å². The van der Waals surface area contributed by atoms with Crippen molar-refractivity contribution in [2.24, 2.45) is 11.8 Å². The van der Waals surface area contributed by atoms with Crippen LogP contribution in [0.25, 0.3) is 0 Å². The molecule has 4 aliphatic rings. The number of hydrogen-bond donors (Lipinski definition) is 2. The molecule has 0 aliphatic carbocycles. The van der Waals surface area contributed by atoms with Crippen LogP contribution >= 0.6 is 15.9 Å². The zero-order valence-corrected chi connectivity index (χ0v) is 28.7. The van der Waals surface area contributed by atoms with Crippen LogP contribution in [0.2, 0.25) is 0 Å². The first-order chi connectivity index (χ1) is 23.2. The molecule has 4 heterocycles. The lowest BCUT2D eigenvalue weighted by Gasteiger charge is -2.35. The summed E-state index contributed by atoms with van der Waals surface area (Å²) in [7, 11) is 0. The number of anilines is 2. The second kappa shape index (κ2) is 14.2. The van der Waals surface area contributed by atoms with Crippen LogP contribution in [0, 0.1) is 11.8 Å². The molecular formula is C36H41BrN4O7. The number of halogens is 1. The highest BCUT2D eigenvalue weighted by molar-refractivity contribution is 9.11. The molecule has 0 aromatic heterocycles. The number of cyclic esters (lactones) is 1. The van der Waals surface area contributed by atoms with E-state index >= 15 is 0 Å². The molecule has 2 aromatic rings. The van der Waals surface area contributed by atoms with Gasteiger partial charge in [0.05, 0.1) is 24.5 Å². The molecule has 2 saturated heterocycles. The van der Waals surface area contributed by atoms with E-state index in [1.807, 2.05) is 66.7 Å². The maximum atomic E-state index is 14.9. The molecule has 5 bridgehead atoms. The Balaban J connectivity index is 1.42. The molecule has 254 valence electrons. The van der Waals surface area contributed by atoms with Gasteiger partial charge in [0.25, 0.3) is 5.91 Å². The summed E-state index contributed by atoms with van der Waals surface area (Å²) in [4.78, 5) is 61.3. The molecule has 0 radical (unpaired) electrons. The summed E-state index contributed by atoms with van der Waals surface area (Å²) in [6.45, 7) is 5.40. The van der Waals surface area contributed by atoms with Gasteiger partial charge in [-0.05, 0) is 56.2 Å². The fraction of sp³-hybridized carbons (Fsp3) is 0.444. The summed E-state index contributed by atoms with van der Waals surface area (Å²) >= 11 is 3.59. The number of carbonyl (C=O) groups excluding carboxylic acids is 4. The summed E-state index contributed by atoms with van der Waals surface area (Å²) in [5.41, 5.74) is 0.922. The molecule has 48 heavy (non-hydrogen) atoms. The lowest BCUT2D eigenvalue weighted by molar-refractivity contribution is -0.145. The summed E-state index contributed by atoms with van der Waals surface area (Å²) in [6.07, 6.45) is 5.12. The summed E-state index contributed by atoms with van der Waals surface area (Å²) in [5.74, 6) is -3.69. The van der Waals surface area contributed by atoms with Gasteiger partial charge in [0.15, 0.2) is 0 Å². The largest absolute Gasteiger partial charge is 0.463 e. The minimum Gasteiger partial charge on any atom is -0.463 e. The Labute approximate surface area is 288 Å². The van der Waals surface area contributed by atoms with Crippen LogP contribution in [-0.2, 0) is 28.7 Å². The van der Waals surface area contributed by atoms with Crippen LogP contribution in [0.1, 0.15) is 38.3 Å². The lowest BCUT2D eigenvalue weighted by atomic mass is 9.74. The third-order valence-corrected chi connectivity index (χ3v) is 10.4. The highest BCUT2D eigenvalue weighted by Gasteiger charge is 2.74. The van der Waals surface area contributed by atoms with Crippen molar-refractivity contribution in [1.29, 1.82) is 0 Å². The number of carbonyl (C=O) groups is 4. The second-order valence-corrected chi connectivity index (χ2v) is 13.3. The standard InChI is InChI=1S/C36H41BrN4O7/c1-3-39(4-2)24-14-16-25(17-15-24)40-18-10-6-9-13-28(43)47-22-27(23-11-7-5-8-12-23)38-33(44)29-30-34(45)41(19-20-42)32(35(40)46)36(30)21-26(37)31(29)48-36/h5-8,10-12,14-17,21,27,29-32,42H,3-4,9,13,18-20,22H2,1-2H3,(H,38,44)/b10-6-/t27-,29-,30+,31-,32-,36+/m0/s1. The van der Waals surface area contributed by atoms with E-state index in [1.165, 1.54) is 4.90 Å². The Morgan fingerprint density at radius 1 is 1.00 bits per heavy atom. The van der Waals surface area contributed by atoms with E-state index in [0.29, 0.717) is 16.6 Å². The molecule has 6 atom stereocenters. The quantitative estimate of drug-likeness (QED) is 0.329. The Morgan fingerprint density at radius 2 is 1.73 bits per heavy atom. The number of benzene rings is 2. The highest BCUT2D eigenvalue weighted by atomic mass is 79.9. The minimum atomic E-state index is -1.44. The van der Waals surface area contributed by atoms with E-state index in [9.17, 15) is 24.3 Å². The van der Waals surface area contributed by atoms with Gasteiger partial charge in [0.1, 0.15) is 24.4 Å². The van der Waals surface area contributed by atoms with Crippen molar-refractivity contribution < 1.29 is 33.8 Å². The summed E-state index contributed by atoms with van der Waals surface area (Å²) in [5, 5.41) is 13.1. The molecule has 2 fully saturated rings. The third kappa shape index (κ3) is 6.05. The van der Waals surface area contributed by atoms with Crippen molar-refractivity contribution >= 4 is 51.0 Å². The van der Waals surface area contributed by atoms with Gasteiger partial charge in [-0.1, -0.05) is 58.4 Å². The number of allylic oxidation sites excluding steroid dienone is 1. The first-order valence-electron chi connectivity index (χ1n) is 16.5. The Bertz CT molecular complexity index is 1590. The lowest BCUT2D eigenvalue weighted by Crippen LogP contribution is -2.56. The van der Waals surface area contributed by atoms with E-state index in [0.717, 1.165) is 24.3 Å². The molecule has 11 nitrogen and oxygen atoms in total. The number of likely N-dealkylation sites (tertiary alicyclic amines) is 1. The van der Waals surface area contributed by atoms with Crippen molar-refractivity contribution in [2.45, 2.75) is 50.5 Å². The van der Waals surface area contributed by atoms with Gasteiger partial charge in [-0.15, -0.1) is 0 Å². The van der Waals surface area contributed by atoms with E-state index in [1.54, 1.807) is 11.0 Å². The number of amides is 3. The second-order valence-electron chi connectivity index (χ2n) is 12.4. The van der Waals surface area contributed by atoms with E-state index in [4.69, 9.17) is 9.47 Å². The molecule has 4 aliphatic heterocycles. The zero-order valence-electron chi connectivity index (χ0n) is 27.1. The Hall–Kier alpha value is -4.00. The van der Waals surface area contributed by atoms with Crippen LogP contribution in [0.5, 0.6) is 0 Å². The molecule has 1 spiro atoms. The number of ether oxygens (including phenoxy) is 2. The van der Waals surface area contributed by atoms with Crippen LogP contribution in [-0.4, -0.2) is 90.8 Å². The Morgan fingerprint density at radius 3 is 2.42 bits per heavy atom. The van der Waals surface area contributed by atoms with E-state index in [2.05, 4.69) is 40.0 Å². The maximum Gasteiger partial charge on any atom is 0.306 e. The maximum absolute atomic E-state index is 14.9. The van der Waals surface area contributed by atoms with Gasteiger partial charge in [0, 0.05) is 48.5 Å². The van der Waals surface area contributed by atoms with Crippen molar-refractivity contribution in [3.8, 4) is 0 Å². The van der Waals surface area contributed by atoms with Crippen LogP contribution < -0.4 is 15.1 Å². The monoisotopic (exact) mass is 720 g/mol. The summed E-state index contributed by atoms with van der Waals surface area (Å²) in [6, 6.07) is 15.0. The van der Waals surface area contributed by atoms with Crippen molar-refractivity contribution in [1.82, 2.24) is 10.2 Å². The topological polar surface area (TPSA) is 129 Å². The molecule has 0 saturated carbocycles. The predicted octanol–water partition coefficient (Wildman–Crippen LogP) is 3.48. The van der Waals surface area contributed by atoms with Gasteiger partial charge in [-0.2, -0.15) is 0 Å². The average Bonchev–Trinajstić information content (AvgIpc) is 3.68. The number of rotatable bonds is 7. The molecule has 6 rings (SSSR count). The van der Waals surface area contributed by atoms with Crippen LogP contribution in [0.3, 0.4) is 0 Å². The van der Waals surface area contributed by atoms with E-state index in [-0.39, 0.29) is 32.7 Å². The number of aliphatic hydroxyl groups excluding tert-OH is 1. The number of β-amino-alcohol motifs (C(OH)–C–C–N with tert-alkyl or cyclic N) is 1. The summed E-state index contributed by atoms with van der Waals surface area (Å²) < 4.78 is 12.8. The number of aliphatic hydroxyl groups is 1. The van der Waals surface area contributed by atoms with Gasteiger partial charge < -0.3 is 34.6 Å². The zero-order chi connectivity index (χ0) is 34.0. The minimum absolute atomic E-state index is 0.0910. The first kappa shape index (κ1) is 33.9. The number of esters is 1. The fourth-order valence-electron chi connectivity index (χ4n) is 7.47. The van der Waals surface area contributed by atoms with Crippen LogP contribution in [0.15, 0.2) is 77.3 Å². The van der Waals surface area contributed by atoms with Crippen molar-refractivity contribution in [2.75, 3.05) is 49.2 Å². The first-order valence-corrected chi connectivity index (χ1v) is 17.3. The Kier molecular flexibility index (Phi) is 10.0. The number of fused-ring (bicyclic) bond motifs is 2. The van der Waals surface area contributed by atoms with Gasteiger partial charge >= 0.3 is 5.97 Å². The smallest absolute Gasteiger partial charge is 0.306 e. The third-order valence-electron chi connectivity index (χ3n) is 9.76. The molecule has 3 amide bonds. The van der Waals surface area contributed by atoms with Gasteiger partial charge in [-0.25, -0.2) is 0 Å². The molecule has 12 heteroatoms. The number of nitrogens with zero attached hydrogens (tertiary/aromatic N) is 3. The van der Waals surface area contributed by atoms with Crippen molar-refractivity contribution in [3.05, 3.63) is 82.9 Å². The number of nitrogens with one attached hydrogen (secondary N) is 1. The van der Waals surface area contributed by atoms with Gasteiger partial charge in [-0.3, -0.25) is 19.2 Å². The molecular weight excluding hydrogens is 680 g/mol. The van der Waals surface area contributed by atoms with E-state index < -0.39 is 59.3 Å².